The number of hydrogen-bond acceptors (Lipinski definition) is 2. The Kier molecular flexibility index (Phi) is 23.9. The summed E-state index contributed by atoms with van der Waals surface area (Å²) in [5.74, 6) is 0. The summed E-state index contributed by atoms with van der Waals surface area (Å²) in [5.41, 5.74) is 0. The zero-order valence-electron chi connectivity index (χ0n) is 19.2. The molecule has 0 bridgehead atoms. The van der Waals surface area contributed by atoms with Gasteiger partial charge in [-0.3, -0.25) is 0 Å². The molecule has 0 N–H and O–H groups in total. The first-order valence-corrected chi connectivity index (χ1v) is 12.6. The average molecular weight is 385 g/mol. The summed E-state index contributed by atoms with van der Waals surface area (Å²) in [6.45, 7) is 8.34. The molecule has 1 unspecified atom stereocenters. The molecule has 2 heteroatoms. The number of unbranched alkanes of at least 4 members (excludes halogenated alkanes) is 16. The lowest BCUT2D eigenvalue weighted by Gasteiger charge is -2.16. The van der Waals surface area contributed by atoms with Gasteiger partial charge in [0.05, 0.1) is 0 Å². The van der Waals surface area contributed by atoms with Crippen LogP contribution in [0.25, 0.3) is 0 Å². The molecule has 2 nitrogen and oxygen atoms in total. The third kappa shape index (κ3) is 22.1. The van der Waals surface area contributed by atoms with Crippen molar-refractivity contribution in [2.75, 3.05) is 13.2 Å². The summed E-state index contributed by atoms with van der Waals surface area (Å²) >= 11 is 0. The molecule has 0 aromatic heterocycles. The lowest BCUT2D eigenvalue weighted by molar-refractivity contribution is -0.144. The lowest BCUT2D eigenvalue weighted by atomic mass is 10.0. The van der Waals surface area contributed by atoms with E-state index >= 15 is 0 Å². The molecular formula is C25H52O2. The third-order valence-electron chi connectivity index (χ3n) is 5.44. The van der Waals surface area contributed by atoms with Gasteiger partial charge in [-0.1, -0.05) is 124 Å². The van der Waals surface area contributed by atoms with Crippen LogP contribution in [0.15, 0.2) is 0 Å². The van der Waals surface area contributed by atoms with Gasteiger partial charge in [-0.05, 0) is 19.3 Å². The van der Waals surface area contributed by atoms with Crippen LogP contribution in [0.2, 0.25) is 0 Å². The first kappa shape index (κ1) is 26.9. The van der Waals surface area contributed by atoms with Gasteiger partial charge in [-0.2, -0.15) is 0 Å². The van der Waals surface area contributed by atoms with Crippen LogP contribution in [-0.2, 0) is 9.47 Å². The van der Waals surface area contributed by atoms with Crippen LogP contribution < -0.4 is 0 Å². The molecule has 0 heterocycles. The molecule has 0 spiro atoms. The van der Waals surface area contributed by atoms with Gasteiger partial charge in [-0.15, -0.1) is 0 Å². The highest BCUT2D eigenvalue weighted by Gasteiger charge is 2.05. The van der Waals surface area contributed by atoms with Crippen molar-refractivity contribution < 1.29 is 9.47 Å². The molecule has 27 heavy (non-hydrogen) atoms. The summed E-state index contributed by atoms with van der Waals surface area (Å²) in [7, 11) is 0. The maximum Gasteiger partial charge on any atom is 0.157 e. The molecule has 0 aliphatic rings. The first-order chi connectivity index (χ1) is 13.3. The van der Waals surface area contributed by atoms with E-state index in [0.29, 0.717) is 0 Å². The minimum atomic E-state index is 0.0212. The highest BCUT2D eigenvalue weighted by Crippen LogP contribution is 2.14. The molecular weight excluding hydrogens is 332 g/mol. The second-order valence-electron chi connectivity index (χ2n) is 8.24. The number of ether oxygens (including phenoxy) is 2. The minimum absolute atomic E-state index is 0.0212. The van der Waals surface area contributed by atoms with Crippen LogP contribution in [0.1, 0.15) is 143 Å². The quantitative estimate of drug-likeness (QED) is 0.129. The zero-order chi connectivity index (χ0) is 19.8. The van der Waals surface area contributed by atoms with Crippen molar-refractivity contribution in [2.24, 2.45) is 0 Å². The predicted molar refractivity (Wildman–Crippen MR) is 120 cm³/mol. The van der Waals surface area contributed by atoms with E-state index in [2.05, 4.69) is 20.8 Å². The summed E-state index contributed by atoms with van der Waals surface area (Å²) in [4.78, 5) is 0. The zero-order valence-corrected chi connectivity index (χ0v) is 19.2. The Morgan fingerprint density at radius 3 is 1.11 bits per heavy atom. The summed E-state index contributed by atoms with van der Waals surface area (Å²) in [6.07, 6.45) is 25.9. The molecule has 0 rings (SSSR count). The monoisotopic (exact) mass is 384 g/mol. The van der Waals surface area contributed by atoms with Crippen LogP contribution in [0.4, 0.5) is 0 Å². The van der Waals surface area contributed by atoms with Gasteiger partial charge >= 0.3 is 0 Å². The second-order valence-corrected chi connectivity index (χ2v) is 8.24. The van der Waals surface area contributed by atoms with E-state index in [1.54, 1.807) is 0 Å². The molecule has 0 aromatic rings. The van der Waals surface area contributed by atoms with E-state index in [9.17, 15) is 0 Å². The van der Waals surface area contributed by atoms with Crippen LogP contribution in [0.3, 0.4) is 0 Å². The molecule has 0 aromatic carbocycles. The van der Waals surface area contributed by atoms with Crippen molar-refractivity contribution in [3.05, 3.63) is 0 Å². The molecule has 0 amide bonds. The topological polar surface area (TPSA) is 18.5 Å². The van der Waals surface area contributed by atoms with E-state index in [1.165, 1.54) is 109 Å². The molecule has 0 aliphatic carbocycles. The van der Waals surface area contributed by atoms with Crippen molar-refractivity contribution >= 4 is 0 Å². The summed E-state index contributed by atoms with van der Waals surface area (Å²) in [5, 5.41) is 0. The fourth-order valence-corrected chi connectivity index (χ4v) is 3.51. The Morgan fingerprint density at radius 2 is 0.741 bits per heavy atom. The van der Waals surface area contributed by atoms with E-state index in [4.69, 9.17) is 9.47 Å². The van der Waals surface area contributed by atoms with Gasteiger partial charge < -0.3 is 9.47 Å². The standard InChI is InChI=1S/C25H52O2/c1-4-7-9-10-11-12-13-14-15-16-17-18-19-20-21-22-24-27-25(6-3)26-23-8-5-2/h25H,4-24H2,1-3H3. The predicted octanol–water partition coefficient (Wildman–Crippen LogP) is 8.82. The highest BCUT2D eigenvalue weighted by molar-refractivity contribution is 4.50. The summed E-state index contributed by atoms with van der Waals surface area (Å²) in [6, 6.07) is 0. The summed E-state index contributed by atoms with van der Waals surface area (Å²) < 4.78 is 11.6. The molecule has 0 saturated heterocycles. The van der Waals surface area contributed by atoms with Crippen molar-refractivity contribution in [1.82, 2.24) is 0 Å². The van der Waals surface area contributed by atoms with Gasteiger partial charge in [-0.25, -0.2) is 0 Å². The Balaban J connectivity index is 3.14. The van der Waals surface area contributed by atoms with E-state index < -0.39 is 0 Å². The van der Waals surface area contributed by atoms with Crippen LogP contribution in [0.5, 0.6) is 0 Å². The number of hydrogen-bond donors (Lipinski definition) is 0. The molecule has 0 aliphatic heterocycles. The molecule has 164 valence electrons. The van der Waals surface area contributed by atoms with Crippen molar-refractivity contribution in [3.8, 4) is 0 Å². The van der Waals surface area contributed by atoms with Crippen LogP contribution in [0, 0.1) is 0 Å². The van der Waals surface area contributed by atoms with E-state index in [0.717, 1.165) is 26.1 Å². The smallest absolute Gasteiger partial charge is 0.157 e. The first-order valence-electron chi connectivity index (χ1n) is 12.6. The number of rotatable bonds is 23. The average Bonchev–Trinajstić information content (AvgIpc) is 2.69. The van der Waals surface area contributed by atoms with Gasteiger partial charge in [0.1, 0.15) is 0 Å². The normalized spacial score (nSPS) is 12.6. The van der Waals surface area contributed by atoms with E-state index in [1.807, 2.05) is 0 Å². The van der Waals surface area contributed by atoms with Gasteiger partial charge in [0, 0.05) is 13.2 Å². The van der Waals surface area contributed by atoms with E-state index in [-0.39, 0.29) is 6.29 Å². The fraction of sp³-hybridized carbons (Fsp3) is 1.00. The second kappa shape index (κ2) is 24.0. The Labute approximate surface area is 172 Å². The molecule has 1 atom stereocenters. The Bertz CT molecular complexity index is 255. The maximum atomic E-state index is 5.83. The van der Waals surface area contributed by atoms with Crippen molar-refractivity contribution in [3.63, 3.8) is 0 Å². The Morgan fingerprint density at radius 1 is 0.407 bits per heavy atom. The van der Waals surface area contributed by atoms with Crippen molar-refractivity contribution in [1.29, 1.82) is 0 Å². The van der Waals surface area contributed by atoms with Crippen LogP contribution >= 0.6 is 0 Å². The fourth-order valence-electron chi connectivity index (χ4n) is 3.51. The third-order valence-corrected chi connectivity index (χ3v) is 5.44. The largest absolute Gasteiger partial charge is 0.353 e. The van der Waals surface area contributed by atoms with Crippen LogP contribution in [-0.4, -0.2) is 19.5 Å². The molecule has 0 saturated carbocycles. The lowest BCUT2D eigenvalue weighted by Crippen LogP contribution is -2.17. The maximum absolute atomic E-state index is 5.83. The van der Waals surface area contributed by atoms with Crippen molar-refractivity contribution in [2.45, 2.75) is 149 Å². The SMILES string of the molecule is CCCCCCCCCCCCCCCCCCOC(CC)OCCCC. The molecule has 0 fully saturated rings. The highest BCUT2D eigenvalue weighted by atomic mass is 16.7. The minimum Gasteiger partial charge on any atom is -0.353 e. The van der Waals surface area contributed by atoms with Gasteiger partial charge in [0.15, 0.2) is 6.29 Å². The van der Waals surface area contributed by atoms with Gasteiger partial charge in [0.25, 0.3) is 0 Å². The van der Waals surface area contributed by atoms with Gasteiger partial charge in [0.2, 0.25) is 0 Å². The Hall–Kier alpha value is -0.0800. The molecule has 0 radical (unpaired) electrons.